The van der Waals surface area contributed by atoms with E-state index < -0.39 is 0 Å². The molecule has 4 nitrogen and oxygen atoms in total. The SMILES string of the molecule is O=C(COC(=O)C1CCCCC1)NC(c1ccccc1)c1ccccc1. The summed E-state index contributed by atoms with van der Waals surface area (Å²) in [5.41, 5.74) is 1.98. The molecule has 0 spiro atoms. The van der Waals surface area contributed by atoms with E-state index in [2.05, 4.69) is 5.32 Å². The molecule has 26 heavy (non-hydrogen) atoms. The van der Waals surface area contributed by atoms with Gasteiger partial charge in [0.05, 0.1) is 12.0 Å². The van der Waals surface area contributed by atoms with Gasteiger partial charge in [-0.1, -0.05) is 79.9 Å². The van der Waals surface area contributed by atoms with Gasteiger partial charge in [-0.05, 0) is 24.0 Å². The number of benzene rings is 2. The predicted molar refractivity (Wildman–Crippen MR) is 100 cm³/mol. The molecule has 2 aromatic carbocycles. The van der Waals surface area contributed by atoms with Gasteiger partial charge in [-0.25, -0.2) is 0 Å². The van der Waals surface area contributed by atoms with Crippen LogP contribution >= 0.6 is 0 Å². The van der Waals surface area contributed by atoms with E-state index in [1.54, 1.807) is 0 Å². The molecule has 4 heteroatoms. The van der Waals surface area contributed by atoms with Crippen molar-refractivity contribution in [3.05, 3.63) is 71.8 Å². The average molecular weight is 351 g/mol. The minimum absolute atomic E-state index is 0.0457. The maximum absolute atomic E-state index is 12.4. The minimum Gasteiger partial charge on any atom is -0.455 e. The van der Waals surface area contributed by atoms with Crippen molar-refractivity contribution in [3.8, 4) is 0 Å². The molecule has 1 fully saturated rings. The molecule has 1 saturated carbocycles. The molecule has 0 radical (unpaired) electrons. The quantitative estimate of drug-likeness (QED) is 0.800. The van der Waals surface area contributed by atoms with Crippen LogP contribution in [0.25, 0.3) is 0 Å². The predicted octanol–water partition coefficient (Wildman–Crippen LogP) is 4.02. The lowest BCUT2D eigenvalue weighted by atomic mass is 9.89. The molecule has 0 heterocycles. The lowest BCUT2D eigenvalue weighted by Crippen LogP contribution is -2.34. The van der Waals surface area contributed by atoms with Gasteiger partial charge in [0.2, 0.25) is 0 Å². The summed E-state index contributed by atoms with van der Waals surface area (Å²) in [6, 6.07) is 19.3. The third kappa shape index (κ3) is 4.94. The summed E-state index contributed by atoms with van der Waals surface area (Å²) < 4.78 is 5.26. The van der Waals surface area contributed by atoms with E-state index in [-0.39, 0.29) is 30.4 Å². The molecule has 0 atom stereocenters. The number of hydrogen-bond donors (Lipinski definition) is 1. The summed E-state index contributed by atoms with van der Waals surface area (Å²) in [6.45, 7) is -0.231. The smallest absolute Gasteiger partial charge is 0.309 e. The van der Waals surface area contributed by atoms with Crippen LogP contribution in [0.4, 0.5) is 0 Å². The van der Waals surface area contributed by atoms with Gasteiger partial charge in [-0.2, -0.15) is 0 Å². The van der Waals surface area contributed by atoms with Crippen molar-refractivity contribution in [2.24, 2.45) is 5.92 Å². The van der Waals surface area contributed by atoms with Crippen molar-refractivity contribution in [2.45, 2.75) is 38.1 Å². The van der Waals surface area contributed by atoms with Gasteiger partial charge < -0.3 is 10.1 Å². The molecule has 0 aromatic heterocycles. The highest BCUT2D eigenvalue weighted by atomic mass is 16.5. The first-order valence-corrected chi connectivity index (χ1v) is 9.30. The number of nitrogens with one attached hydrogen (secondary N) is 1. The first kappa shape index (κ1) is 18.2. The second-order valence-electron chi connectivity index (χ2n) is 6.76. The zero-order valence-corrected chi connectivity index (χ0v) is 14.9. The average Bonchev–Trinajstić information content (AvgIpc) is 2.72. The Morgan fingerprint density at radius 2 is 1.42 bits per heavy atom. The highest BCUT2D eigenvalue weighted by molar-refractivity contribution is 5.82. The monoisotopic (exact) mass is 351 g/mol. The third-order valence-electron chi connectivity index (χ3n) is 4.86. The Morgan fingerprint density at radius 1 is 0.885 bits per heavy atom. The minimum atomic E-state index is -0.285. The Morgan fingerprint density at radius 3 is 1.96 bits per heavy atom. The topological polar surface area (TPSA) is 55.4 Å². The molecular formula is C22H25NO3. The van der Waals surface area contributed by atoms with Crippen LogP contribution in [0.2, 0.25) is 0 Å². The molecular weight excluding hydrogens is 326 g/mol. The van der Waals surface area contributed by atoms with Gasteiger partial charge in [-0.15, -0.1) is 0 Å². The van der Waals surface area contributed by atoms with Gasteiger partial charge in [-0.3, -0.25) is 9.59 Å². The number of ether oxygens (including phenoxy) is 1. The molecule has 0 aliphatic heterocycles. The first-order valence-electron chi connectivity index (χ1n) is 9.30. The van der Waals surface area contributed by atoms with Crippen molar-refractivity contribution in [1.29, 1.82) is 0 Å². The Bertz CT molecular complexity index is 669. The molecule has 0 unspecified atom stereocenters. The number of rotatable bonds is 6. The molecule has 2 aromatic rings. The Hall–Kier alpha value is -2.62. The van der Waals surface area contributed by atoms with Crippen LogP contribution < -0.4 is 5.32 Å². The zero-order chi connectivity index (χ0) is 18.2. The van der Waals surface area contributed by atoms with Gasteiger partial charge in [0.15, 0.2) is 6.61 Å². The summed E-state index contributed by atoms with van der Waals surface area (Å²) in [5.74, 6) is -0.571. The summed E-state index contributed by atoms with van der Waals surface area (Å²) in [5, 5.41) is 2.99. The van der Waals surface area contributed by atoms with Crippen LogP contribution in [-0.4, -0.2) is 18.5 Å². The van der Waals surface area contributed by atoms with Crippen LogP contribution in [-0.2, 0) is 14.3 Å². The molecule has 3 rings (SSSR count). The van der Waals surface area contributed by atoms with E-state index in [0.717, 1.165) is 36.8 Å². The van der Waals surface area contributed by atoms with Crippen LogP contribution in [0, 0.1) is 5.92 Å². The number of carbonyl (C=O) groups is 2. The fraction of sp³-hybridized carbons (Fsp3) is 0.364. The maximum atomic E-state index is 12.4. The molecule has 0 saturated heterocycles. The van der Waals surface area contributed by atoms with Crippen LogP contribution in [0.1, 0.15) is 49.3 Å². The van der Waals surface area contributed by atoms with E-state index >= 15 is 0 Å². The van der Waals surface area contributed by atoms with E-state index in [9.17, 15) is 9.59 Å². The second kappa shape index (κ2) is 9.18. The molecule has 136 valence electrons. The van der Waals surface area contributed by atoms with Crippen molar-refractivity contribution in [2.75, 3.05) is 6.61 Å². The zero-order valence-electron chi connectivity index (χ0n) is 14.9. The van der Waals surface area contributed by atoms with Crippen LogP contribution in [0.5, 0.6) is 0 Å². The molecule has 1 N–H and O–H groups in total. The van der Waals surface area contributed by atoms with E-state index in [4.69, 9.17) is 4.74 Å². The van der Waals surface area contributed by atoms with E-state index in [1.807, 2.05) is 60.7 Å². The van der Waals surface area contributed by atoms with E-state index in [0.29, 0.717) is 0 Å². The third-order valence-corrected chi connectivity index (χ3v) is 4.86. The van der Waals surface area contributed by atoms with Crippen molar-refractivity contribution in [3.63, 3.8) is 0 Å². The fourth-order valence-electron chi connectivity index (χ4n) is 3.45. The molecule has 0 bridgehead atoms. The highest BCUT2D eigenvalue weighted by Crippen LogP contribution is 2.25. The Balaban J connectivity index is 1.61. The van der Waals surface area contributed by atoms with Gasteiger partial charge in [0, 0.05) is 0 Å². The lowest BCUT2D eigenvalue weighted by Gasteiger charge is -2.21. The summed E-state index contributed by atoms with van der Waals surface area (Å²) in [6.07, 6.45) is 5.06. The fourth-order valence-corrected chi connectivity index (χ4v) is 3.45. The standard InChI is InChI=1S/C22H25NO3/c24-20(16-26-22(25)19-14-8-3-9-15-19)23-21(17-10-4-1-5-11-17)18-12-6-2-7-13-18/h1-2,4-7,10-13,19,21H,3,8-9,14-16H2,(H,23,24). The summed E-state index contributed by atoms with van der Waals surface area (Å²) in [7, 11) is 0. The number of carbonyl (C=O) groups excluding carboxylic acids is 2. The second-order valence-corrected chi connectivity index (χ2v) is 6.76. The molecule has 1 aliphatic carbocycles. The number of esters is 1. The van der Waals surface area contributed by atoms with Crippen LogP contribution in [0.15, 0.2) is 60.7 Å². The van der Waals surface area contributed by atoms with E-state index in [1.165, 1.54) is 6.42 Å². The number of amides is 1. The summed E-state index contributed by atoms with van der Waals surface area (Å²) in [4.78, 5) is 24.5. The Labute approximate surface area is 154 Å². The first-order chi connectivity index (χ1) is 12.7. The Kier molecular flexibility index (Phi) is 6.42. The number of hydrogen-bond acceptors (Lipinski definition) is 3. The van der Waals surface area contributed by atoms with Gasteiger partial charge in [0.25, 0.3) is 5.91 Å². The largest absolute Gasteiger partial charge is 0.455 e. The lowest BCUT2D eigenvalue weighted by molar-refractivity contribution is -0.153. The van der Waals surface area contributed by atoms with Crippen molar-refractivity contribution in [1.82, 2.24) is 5.32 Å². The summed E-state index contributed by atoms with van der Waals surface area (Å²) >= 11 is 0. The van der Waals surface area contributed by atoms with Gasteiger partial charge in [0.1, 0.15) is 0 Å². The molecule has 1 aliphatic rings. The normalized spacial score (nSPS) is 14.8. The van der Waals surface area contributed by atoms with Crippen LogP contribution in [0.3, 0.4) is 0 Å². The van der Waals surface area contributed by atoms with Gasteiger partial charge >= 0.3 is 5.97 Å². The molecule has 1 amide bonds. The van der Waals surface area contributed by atoms with Crippen molar-refractivity contribution >= 4 is 11.9 Å². The van der Waals surface area contributed by atoms with Crippen molar-refractivity contribution < 1.29 is 14.3 Å². The highest BCUT2D eigenvalue weighted by Gasteiger charge is 2.24. The maximum Gasteiger partial charge on any atom is 0.309 e.